The molecule has 0 spiro atoms. The molecule has 1 aromatic carbocycles. The highest BCUT2D eigenvalue weighted by Crippen LogP contribution is 2.34. The van der Waals surface area contributed by atoms with Crippen molar-refractivity contribution in [2.24, 2.45) is 0 Å². The van der Waals surface area contributed by atoms with Crippen LogP contribution >= 0.6 is 23.1 Å². The Kier molecular flexibility index (Phi) is 6.62. The van der Waals surface area contributed by atoms with Gasteiger partial charge in [-0.2, -0.15) is 27.6 Å². The Morgan fingerprint density at radius 2 is 2.08 bits per heavy atom. The van der Waals surface area contributed by atoms with Crippen LogP contribution < -0.4 is 10.2 Å². The highest BCUT2D eigenvalue weighted by Gasteiger charge is 2.38. The molecule has 6 rings (SSSR count). The molecule has 1 fully saturated rings. The first-order valence-electron chi connectivity index (χ1n) is 10.9. The Morgan fingerprint density at radius 3 is 2.79 bits per heavy atom. The molecular formula is C22H16ClF3N8O3S. The summed E-state index contributed by atoms with van der Waals surface area (Å²) in [5.74, 6) is -2.08. The minimum absolute atomic E-state index is 0.111. The SMILES string of the molecule is O=C(O)C(F)(F)F.O=C1CCCN1c1cc(-c2nsc(Nc3ccc4[nH]ncc4c3Cl)n2)cn2ccnc12. The number of aromatic amines is 1. The van der Waals surface area contributed by atoms with Crippen molar-refractivity contribution in [2.75, 3.05) is 16.8 Å². The molecule has 0 unspecified atom stereocenters. The lowest BCUT2D eigenvalue weighted by molar-refractivity contribution is -0.192. The third kappa shape index (κ3) is 4.97. The molecule has 0 saturated carbocycles. The maximum absolute atomic E-state index is 12.3. The predicted octanol–water partition coefficient (Wildman–Crippen LogP) is 4.89. The molecule has 16 heteroatoms. The number of carbonyl (C=O) groups is 2. The van der Waals surface area contributed by atoms with Crippen molar-refractivity contribution in [3.05, 3.63) is 48.0 Å². The van der Waals surface area contributed by atoms with Crippen LogP contribution in [0.3, 0.4) is 0 Å². The monoisotopic (exact) mass is 564 g/mol. The van der Waals surface area contributed by atoms with Crippen molar-refractivity contribution in [3.63, 3.8) is 0 Å². The molecule has 3 N–H and O–H groups in total. The van der Waals surface area contributed by atoms with E-state index in [4.69, 9.17) is 21.5 Å². The number of pyridine rings is 1. The van der Waals surface area contributed by atoms with Crippen LogP contribution in [0.1, 0.15) is 12.8 Å². The topological polar surface area (TPSA) is 141 Å². The van der Waals surface area contributed by atoms with Gasteiger partial charge in [-0.05, 0) is 24.6 Å². The lowest BCUT2D eigenvalue weighted by atomic mass is 10.2. The summed E-state index contributed by atoms with van der Waals surface area (Å²) in [5, 5.41) is 19.3. The summed E-state index contributed by atoms with van der Waals surface area (Å²) in [7, 11) is 0. The molecule has 5 heterocycles. The average molecular weight is 565 g/mol. The van der Waals surface area contributed by atoms with Crippen molar-refractivity contribution in [1.82, 2.24) is 28.9 Å². The van der Waals surface area contributed by atoms with Crippen LogP contribution in [0.2, 0.25) is 5.02 Å². The number of carbonyl (C=O) groups excluding carboxylic acids is 1. The molecule has 4 aromatic heterocycles. The highest BCUT2D eigenvalue weighted by molar-refractivity contribution is 7.10. The number of alkyl halides is 3. The molecule has 0 atom stereocenters. The second-order valence-electron chi connectivity index (χ2n) is 8.03. The van der Waals surface area contributed by atoms with E-state index >= 15 is 0 Å². The van der Waals surface area contributed by atoms with Gasteiger partial charge in [-0.25, -0.2) is 9.78 Å². The van der Waals surface area contributed by atoms with Crippen LogP contribution in [0.15, 0.2) is 43.0 Å². The molecule has 1 aliphatic rings. The van der Waals surface area contributed by atoms with Crippen LogP contribution in [-0.4, -0.2) is 58.6 Å². The van der Waals surface area contributed by atoms with Crippen molar-refractivity contribution in [1.29, 1.82) is 0 Å². The molecule has 1 saturated heterocycles. The maximum atomic E-state index is 12.3. The smallest absolute Gasteiger partial charge is 0.475 e. The van der Waals surface area contributed by atoms with Gasteiger partial charge in [0.05, 0.1) is 28.1 Å². The third-order valence-electron chi connectivity index (χ3n) is 5.56. The van der Waals surface area contributed by atoms with Crippen LogP contribution in [-0.2, 0) is 9.59 Å². The maximum Gasteiger partial charge on any atom is 0.490 e. The number of aromatic nitrogens is 6. The lowest BCUT2D eigenvalue weighted by Crippen LogP contribution is -2.24. The first kappa shape index (κ1) is 25.4. The summed E-state index contributed by atoms with van der Waals surface area (Å²) in [4.78, 5) is 32.1. The van der Waals surface area contributed by atoms with Gasteiger partial charge in [-0.1, -0.05) is 11.6 Å². The van der Waals surface area contributed by atoms with E-state index < -0.39 is 12.1 Å². The fourth-order valence-corrected chi connectivity index (χ4v) is 4.69. The zero-order valence-electron chi connectivity index (χ0n) is 19.0. The Balaban J connectivity index is 0.000000374. The minimum Gasteiger partial charge on any atom is -0.475 e. The summed E-state index contributed by atoms with van der Waals surface area (Å²) < 4.78 is 38.1. The molecule has 196 valence electrons. The summed E-state index contributed by atoms with van der Waals surface area (Å²) in [6.07, 6.45) is 3.51. The van der Waals surface area contributed by atoms with Gasteiger partial charge in [0.15, 0.2) is 11.5 Å². The van der Waals surface area contributed by atoms with E-state index in [1.807, 2.05) is 35.0 Å². The number of carboxylic acids is 1. The standard InChI is InChI=1S/C20H15ClN8OS.C2HF3O2/c21-17-12-9-23-26-13(12)3-4-14(17)24-20-25-18(27-31-20)11-8-15(29-6-1-2-16(29)30)19-22-5-7-28(19)10-11;3-2(4,5)1(6)7/h3-5,7-10H,1-2,6H2,(H,23,26)(H,24,25,27);(H,6,7). The number of nitrogens with zero attached hydrogens (tertiary/aromatic N) is 6. The Labute approximate surface area is 220 Å². The third-order valence-corrected chi connectivity index (χ3v) is 6.60. The molecule has 1 aliphatic heterocycles. The van der Waals surface area contributed by atoms with E-state index in [9.17, 15) is 18.0 Å². The molecule has 0 radical (unpaired) electrons. The number of nitrogens with one attached hydrogen (secondary N) is 2. The number of fused-ring (bicyclic) bond motifs is 2. The lowest BCUT2D eigenvalue weighted by Gasteiger charge is -2.17. The molecule has 0 aliphatic carbocycles. The first-order valence-corrected chi connectivity index (χ1v) is 12.1. The van der Waals surface area contributed by atoms with Gasteiger partial charge in [0.25, 0.3) is 0 Å². The van der Waals surface area contributed by atoms with Gasteiger partial charge >= 0.3 is 12.1 Å². The number of carboxylic acid groups (broad SMARTS) is 1. The molecular weight excluding hydrogens is 549 g/mol. The van der Waals surface area contributed by atoms with Gasteiger partial charge < -0.3 is 19.7 Å². The Bertz CT molecular complexity index is 1660. The predicted molar refractivity (Wildman–Crippen MR) is 134 cm³/mol. The van der Waals surface area contributed by atoms with Gasteiger partial charge in [0.1, 0.15) is 0 Å². The number of benzene rings is 1. The number of anilines is 3. The number of rotatable bonds is 4. The van der Waals surface area contributed by atoms with Gasteiger partial charge in [-0.15, -0.1) is 0 Å². The Morgan fingerprint density at radius 1 is 1.29 bits per heavy atom. The number of hydrogen-bond acceptors (Lipinski definition) is 8. The van der Waals surface area contributed by atoms with E-state index in [1.165, 1.54) is 11.5 Å². The summed E-state index contributed by atoms with van der Waals surface area (Å²) >= 11 is 7.74. The van der Waals surface area contributed by atoms with E-state index in [-0.39, 0.29) is 5.91 Å². The second kappa shape index (κ2) is 9.90. The number of H-pyrrole nitrogens is 1. The average Bonchev–Trinajstić information content (AvgIpc) is 3.67. The van der Waals surface area contributed by atoms with E-state index in [1.54, 1.807) is 17.3 Å². The molecule has 38 heavy (non-hydrogen) atoms. The normalized spacial score (nSPS) is 13.7. The highest BCUT2D eigenvalue weighted by atomic mass is 35.5. The van der Waals surface area contributed by atoms with Crippen LogP contribution in [0.5, 0.6) is 0 Å². The number of amides is 1. The van der Waals surface area contributed by atoms with Crippen LogP contribution in [0.25, 0.3) is 27.9 Å². The summed E-state index contributed by atoms with van der Waals surface area (Å²) in [6.45, 7) is 0.692. The van der Waals surface area contributed by atoms with Crippen molar-refractivity contribution in [3.8, 4) is 11.4 Å². The molecule has 0 bridgehead atoms. The van der Waals surface area contributed by atoms with Crippen LogP contribution in [0, 0.1) is 0 Å². The first-order chi connectivity index (χ1) is 18.1. The Hall–Kier alpha value is -4.24. The van der Waals surface area contributed by atoms with E-state index in [2.05, 4.69) is 29.9 Å². The fourth-order valence-electron chi connectivity index (χ4n) is 3.82. The summed E-state index contributed by atoms with van der Waals surface area (Å²) in [5.41, 5.74) is 3.93. The van der Waals surface area contributed by atoms with Gasteiger partial charge in [0, 0.05) is 54.0 Å². The number of hydrogen-bond donors (Lipinski definition) is 3. The van der Waals surface area contributed by atoms with Crippen LogP contribution in [0.4, 0.5) is 29.7 Å². The molecule has 5 aromatic rings. The zero-order chi connectivity index (χ0) is 27.0. The fraction of sp³-hybridized carbons (Fsp3) is 0.182. The van der Waals surface area contributed by atoms with E-state index in [0.29, 0.717) is 28.9 Å². The summed E-state index contributed by atoms with van der Waals surface area (Å²) in [6, 6.07) is 5.71. The quantitative estimate of drug-likeness (QED) is 0.280. The van der Waals surface area contributed by atoms with Gasteiger partial charge in [0.2, 0.25) is 11.0 Å². The largest absolute Gasteiger partial charge is 0.490 e. The second-order valence-corrected chi connectivity index (χ2v) is 9.16. The van der Waals surface area contributed by atoms with E-state index in [0.717, 1.165) is 39.9 Å². The van der Waals surface area contributed by atoms with Crippen molar-refractivity contribution >= 4 is 68.1 Å². The van der Waals surface area contributed by atoms with Gasteiger partial charge in [-0.3, -0.25) is 9.89 Å². The number of imidazole rings is 1. The molecule has 11 nitrogen and oxygen atoms in total. The molecule has 1 amide bonds. The minimum atomic E-state index is -5.08. The van der Waals surface area contributed by atoms with Crippen molar-refractivity contribution in [2.45, 2.75) is 19.0 Å². The number of aliphatic carboxylic acids is 1. The van der Waals surface area contributed by atoms with Crippen molar-refractivity contribution < 1.29 is 27.9 Å². The zero-order valence-corrected chi connectivity index (χ0v) is 20.6. The number of halogens is 4.